The fourth-order valence-electron chi connectivity index (χ4n) is 1.08. The van der Waals surface area contributed by atoms with Crippen LogP contribution in [-0.4, -0.2) is 17.3 Å². The highest BCUT2D eigenvalue weighted by molar-refractivity contribution is 5.95. The number of carbonyl (C=O) groups is 1. The number of hydrazine groups is 1. The van der Waals surface area contributed by atoms with Crippen LogP contribution in [0.1, 0.15) is 0 Å². The van der Waals surface area contributed by atoms with Crippen LogP contribution in [0.4, 0.5) is 0 Å². The molecule has 0 bridgehead atoms. The Balaban J connectivity index is 2.30. The predicted molar refractivity (Wildman–Crippen MR) is 48.0 cm³/mol. The van der Waals surface area contributed by atoms with Crippen molar-refractivity contribution in [3.63, 3.8) is 0 Å². The van der Waals surface area contributed by atoms with Gasteiger partial charge in [-0.05, 0) is 12.2 Å². The van der Waals surface area contributed by atoms with Gasteiger partial charge < -0.3 is 5.73 Å². The molecule has 5 heteroatoms. The van der Waals surface area contributed by atoms with Crippen LogP contribution in [0.2, 0.25) is 0 Å². The Morgan fingerprint density at radius 1 is 1.54 bits per heavy atom. The molecule has 2 rings (SSSR count). The summed E-state index contributed by atoms with van der Waals surface area (Å²) in [5.74, 6) is -0.445. The maximum absolute atomic E-state index is 10.8. The highest BCUT2D eigenvalue weighted by Gasteiger charge is 2.13. The first-order valence-corrected chi connectivity index (χ1v) is 3.74. The van der Waals surface area contributed by atoms with E-state index in [2.05, 4.69) is 10.4 Å². The summed E-state index contributed by atoms with van der Waals surface area (Å²) >= 11 is 0. The number of nitrogens with one attached hydrogen (secondary N) is 1. The van der Waals surface area contributed by atoms with Gasteiger partial charge in [0.25, 0.3) is 0 Å². The van der Waals surface area contributed by atoms with Gasteiger partial charge in [0.05, 0.1) is 17.5 Å². The van der Waals surface area contributed by atoms with Crippen molar-refractivity contribution in [3.8, 4) is 0 Å². The van der Waals surface area contributed by atoms with Gasteiger partial charge in [0.15, 0.2) is 0 Å². The maximum atomic E-state index is 10.8. The van der Waals surface area contributed by atoms with Crippen LogP contribution < -0.4 is 11.2 Å². The van der Waals surface area contributed by atoms with Crippen molar-refractivity contribution in [2.24, 2.45) is 10.7 Å². The Hall–Kier alpha value is -2.04. The van der Waals surface area contributed by atoms with Crippen LogP contribution in [-0.2, 0) is 4.79 Å². The highest BCUT2D eigenvalue weighted by atomic mass is 16.1. The second-order valence-corrected chi connectivity index (χ2v) is 2.61. The summed E-state index contributed by atoms with van der Waals surface area (Å²) < 4.78 is 0. The molecule has 0 spiro atoms. The van der Waals surface area contributed by atoms with E-state index < -0.39 is 5.91 Å². The summed E-state index contributed by atoms with van der Waals surface area (Å²) in [6.07, 6.45) is 8.26. The monoisotopic (exact) mass is 176 g/mol. The maximum Gasteiger partial charge on any atom is 0.250 e. The number of carbonyl (C=O) groups excluding carboxylic acids is 1. The molecule has 2 heterocycles. The van der Waals surface area contributed by atoms with Gasteiger partial charge in [-0.2, -0.15) is 0 Å². The van der Waals surface area contributed by atoms with Crippen LogP contribution in [0.15, 0.2) is 40.8 Å². The van der Waals surface area contributed by atoms with E-state index in [9.17, 15) is 4.79 Å². The lowest BCUT2D eigenvalue weighted by Crippen LogP contribution is -2.35. The Bertz CT molecular complexity index is 364. The van der Waals surface area contributed by atoms with Crippen LogP contribution >= 0.6 is 0 Å². The van der Waals surface area contributed by atoms with Crippen molar-refractivity contribution in [3.05, 3.63) is 35.8 Å². The Morgan fingerprint density at radius 2 is 2.38 bits per heavy atom. The fourth-order valence-corrected chi connectivity index (χ4v) is 1.08. The molecular weight excluding hydrogens is 168 g/mol. The normalized spacial score (nSPS) is 18.6. The third-order valence-corrected chi connectivity index (χ3v) is 1.74. The lowest BCUT2D eigenvalue weighted by atomic mass is 10.2. The molecule has 0 radical (unpaired) electrons. The van der Waals surface area contributed by atoms with Gasteiger partial charge in [-0.25, -0.2) is 4.99 Å². The predicted octanol–water partition coefficient (Wildman–Crippen LogP) is -0.385. The molecule has 3 N–H and O–H groups in total. The summed E-state index contributed by atoms with van der Waals surface area (Å²) in [6.45, 7) is 0. The van der Waals surface area contributed by atoms with E-state index in [-0.39, 0.29) is 0 Å². The topological polar surface area (TPSA) is 70.7 Å². The summed E-state index contributed by atoms with van der Waals surface area (Å²) in [6, 6.07) is 0. The molecule has 0 atom stereocenters. The molecule has 1 amide bonds. The number of aliphatic imine (C=N–C) groups is 1. The zero-order valence-corrected chi connectivity index (χ0v) is 6.77. The van der Waals surface area contributed by atoms with E-state index in [0.29, 0.717) is 5.57 Å². The third-order valence-electron chi connectivity index (χ3n) is 1.74. The molecule has 0 aliphatic carbocycles. The van der Waals surface area contributed by atoms with E-state index in [1.807, 2.05) is 0 Å². The highest BCUT2D eigenvalue weighted by Crippen LogP contribution is 2.15. The molecule has 5 nitrogen and oxygen atoms in total. The van der Waals surface area contributed by atoms with Gasteiger partial charge in [0.1, 0.15) is 6.34 Å². The number of primary amides is 1. The first-order valence-electron chi connectivity index (χ1n) is 3.74. The first kappa shape index (κ1) is 7.60. The number of nitrogens with zero attached hydrogens (tertiary/aromatic N) is 2. The summed E-state index contributed by atoms with van der Waals surface area (Å²) in [4.78, 5) is 14.7. The van der Waals surface area contributed by atoms with Crippen LogP contribution in [0, 0.1) is 0 Å². The van der Waals surface area contributed by atoms with Gasteiger partial charge in [-0.3, -0.25) is 15.2 Å². The second kappa shape index (κ2) is 2.78. The Morgan fingerprint density at radius 3 is 3.15 bits per heavy atom. The van der Waals surface area contributed by atoms with E-state index in [1.165, 1.54) is 6.34 Å². The van der Waals surface area contributed by atoms with Gasteiger partial charge in [-0.1, -0.05) is 0 Å². The lowest BCUT2D eigenvalue weighted by Gasteiger charge is -2.25. The van der Waals surface area contributed by atoms with Gasteiger partial charge in [0.2, 0.25) is 5.91 Å². The SMILES string of the molecule is NC(=O)C1=CN2NC=NC=C2C=C1. The molecule has 0 saturated carbocycles. The molecule has 0 unspecified atom stereocenters. The number of amides is 1. The number of fused-ring (bicyclic) bond motifs is 1. The molecule has 0 fully saturated rings. The summed E-state index contributed by atoms with van der Waals surface area (Å²) in [5.41, 5.74) is 9.29. The van der Waals surface area contributed by atoms with Crippen molar-refractivity contribution in [2.75, 3.05) is 0 Å². The second-order valence-electron chi connectivity index (χ2n) is 2.61. The Kier molecular flexibility index (Phi) is 1.63. The standard InChI is InChI=1S/C8H8N4O/c9-8(13)6-1-2-7-3-10-5-11-12(7)4-6/h1-5H,(H2,9,13)(H,10,11). The molecular formula is C8H8N4O. The molecule has 0 aromatic heterocycles. The minimum Gasteiger partial charge on any atom is -0.366 e. The van der Waals surface area contributed by atoms with Crippen molar-refractivity contribution in [1.82, 2.24) is 10.4 Å². The van der Waals surface area contributed by atoms with E-state index in [0.717, 1.165) is 5.70 Å². The van der Waals surface area contributed by atoms with Crippen molar-refractivity contribution in [2.45, 2.75) is 0 Å². The van der Waals surface area contributed by atoms with Crippen molar-refractivity contribution >= 4 is 12.2 Å². The van der Waals surface area contributed by atoms with Gasteiger partial charge in [0, 0.05) is 6.20 Å². The molecule has 66 valence electrons. The minimum absolute atomic E-state index is 0.445. The van der Waals surface area contributed by atoms with Crippen LogP contribution in [0.5, 0.6) is 0 Å². The van der Waals surface area contributed by atoms with Crippen molar-refractivity contribution < 1.29 is 4.79 Å². The van der Waals surface area contributed by atoms with E-state index in [1.54, 1.807) is 29.6 Å². The number of allylic oxidation sites excluding steroid dienone is 1. The quantitative estimate of drug-likeness (QED) is 0.572. The molecule has 0 saturated heterocycles. The molecule has 0 aromatic carbocycles. The Labute approximate surface area is 74.9 Å². The fraction of sp³-hybridized carbons (Fsp3) is 0. The van der Waals surface area contributed by atoms with E-state index >= 15 is 0 Å². The number of hydrogen-bond donors (Lipinski definition) is 2. The number of nitrogens with two attached hydrogens (primary N) is 1. The molecule has 0 aromatic rings. The van der Waals surface area contributed by atoms with Gasteiger partial charge >= 0.3 is 0 Å². The lowest BCUT2D eigenvalue weighted by molar-refractivity contribution is -0.114. The largest absolute Gasteiger partial charge is 0.366 e. The zero-order chi connectivity index (χ0) is 9.26. The molecule has 2 aliphatic rings. The number of hydrogen-bond acceptors (Lipinski definition) is 4. The summed E-state index contributed by atoms with van der Waals surface area (Å²) in [7, 11) is 0. The molecule has 13 heavy (non-hydrogen) atoms. The van der Waals surface area contributed by atoms with Gasteiger partial charge in [-0.15, -0.1) is 0 Å². The average molecular weight is 176 g/mol. The zero-order valence-electron chi connectivity index (χ0n) is 6.77. The van der Waals surface area contributed by atoms with Crippen LogP contribution in [0.25, 0.3) is 0 Å². The minimum atomic E-state index is -0.445. The average Bonchev–Trinajstić information content (AvgIpc) is 2.17. The van der Waals surface area contributed by atoms with E-state index in [4.69, 9.17) is 5.73 Å². The third kappa shape index (κ3) is 1.31. The van der Waals surface area contributed by atoms with Crippen molar-refractivity contribution in [1.29, 1.82) is 0 Å². The van der Waals surface area contributed by atoms with Crippen LogP contribution in [0.3, 0.4) is 0 Å². The summed E-state index contributed by atoms with van der Waals surface area (Å²) in [5, 5.41) is 1.67. The number of rotatable bonds is 1. The molecule has 2 aliphatic heterocycles. The smallest absolute Gasteiger partial charge is 0.250 e. The first-order chi connectivity index (χ1) is 6.27.